The van der Waals surface area contributed by atoms with Crippen LogP contribution in [-0.4, -0.2) is 50.9 Å². The summed E-state index contributed by atoms with van der Waals surface area (Å²) in [5.74, 6) is 0.416. The highest BCUT2D eigenvalue weighted by Crippen LogP contribution is 2.23. The van der Waals surface area contributed by atoms with E-state index in [1.807, 2.05) is 24.3 Å². The highest BCUT2D eigenvalue weighted by atomic mass is 32.2. The molecule has 2 aliphatic rings. The van der Waals surface area contributed by atoms with Gasteiger partial charge in [0.15, 0.2) is 0 Å². The zero-order chi connectivity index (χ0) is 28.5. The summed E-state index contributed by atoms with van der Waals surface area (Å²) in [6.07, 6.45) is 10.2. The third kappa shape index (κ3) is 8.66. The zero-order valence-electron chi connectivity index (χ0n) is 23.5. The fourth-order valence-corrected chi connectivity index (χ4v) is 6.16. The number of hydrogen-bond acceptors (Lipinski definition) is 5. The molecule has 2 amide bonds. The van der Waals surface area contributed by atoms with Gasteiger partial charge in [-0.15, -0.1) is 0 Å². The maximum Gasteiger partial charge on any atom is 0.242 e. The maximum atomic E-state index is 13.5. The van der Waals surface area contributed by atoms with Gasteiger partial charge in [0.2, 0.25) is 21.8 Å². The van der Waals surface area contributed by atoms with E-state index in [4.69, 9.17) is 4.74 Å². The number of nitrogens with one attached hydrogen (secondary N) is 2. The molecule has 9 heteroatoms. The van der Waals surface area contributed by atoms with Crippen LogP contribution in [0.5, 0.6) is 5.75 Å². The lowest BCUT2D eigenvalue weighted by atomic mass is 9.97. The molecule has 0 radical (unpaired) electrons. The summed E-state index contributed by atoms with van der Waals surface area (Å²) in [6, 6.07) is 13.5. The third-order valence-electron chi connectivity index (χ3n) is 7.57. The molecule has 0 bridgehead atoms. The molecule has 8 nitrogen and oxygen atoms in total. The molecular formula is C31H41N3O5S. The van der Waals surface area contributed by atoms with Crippen LogP contribution in [0.25, 0.3) is 0 Å². The van der Waals surface area contributed by atoms with Gasteiger partial charge in [-0.25, -0.2) is 13.1 Å². The van der Waals surface area contributed by atoms with Gasteiger partial charge in [0, 0.05) is 25.6 Å². The van der Waals surface area contributed by atoms with Crippen LogP contribution in [-0.2, 0) is 32.6 Å². The molecule has 0 spiro atoms. The lowest BCUT2D eigenvalue weighted by Crippen LogP contribution is -2.47. The first-order valence-corrected chi connectivity index (χ1v) is 15.7. The average Bonchev–Trinajstić information content (AvgIpc) is 3.78. The van der Waals surface area contributed by atoms with Crippen LogP contribution in [0.1, 0.15) is 69.4 Å². The molecule has 216 valence electrons. The van der Waals surface area contributed by atoms with E-state index in [1.54, 1.807) is 43.2 Å². The summed E-state index contributed by atoms with van der Waals surface area (Å²) in [5.41, 5.74) is 3.16. The predicted molar refractivity (Wildman–Crippen MR) is 155 cm³/mol. The van der Waals surface area contributed by atoms with Crippen molar-refractivity contribution >= 4 is 21.8 Å². The van der Waals surface area contributed by atoms with Crippen LogP contribution in [0.15, 0.2) is 65.1 Å². The number of hydrogen-bond donors (Lipinski definition) is 2. The Morgan fingerprint density at radius 3 is 2.33 bits per heavy atom. The van der Waals surface area contributed by atoms with E-state index < -0.39 is 16.1 Å². The third-order valence-corrected chi connectivity index (χ3v) is 9.11. The minimum Gasteiger partial charge on any atom is -0.497 e. The molecule has 1 atom stereocenters. The molecule has 2 aromatic rings. The smallest absolute Gasteiger partial charge is 0.242 e. The molecule has 2 aromatic carbocycles. The van der Waals surface area contributed by atoms with E-state index in [2.05, 4.69) is 16.1 Å². The predicted octanol–water partition coefficient (Wildman–Crippen LogP) is 4.49. The molecule has 0 saturated heterocycles. The van der Waals surface area contributed by atoms with Crippen molar-refractivity contribution in [3.8, 4) is 5.75 Å². The van der Waals surface area contributed by atoms with Crippen molar-refractivity contribution in [3.63, 3.8) is 0 Å². The number of amides is 2. The van der Waals surface area contributed by atoms with Crippen molar-refractivity contribution in [2.75, 3.05) is 13.7 Å². The number of methoxy groups -OCH3 is 1. The van der Waals surface area contributed by atoms with Crippen molar-refractivity contribution in [2.45, 2.75) is 88.2 Å². The Hall–Kier alpha value is -3.17. The van der Waals surface area contributed by atoms with Crippen molar-refractivity contribution in [3.05, 3.63) is 71.3 Å². The monoisotopic (exact) mass is 567 g/mol. The Balaban J connectivity index is 1.38. The number of carbonyl (C=O) groups excluding carboxylic acids is 2. The second kappa shape index (κ2) is 13.9. The van der Waals surface area contributed by atoms with Crippen molar-refractivity contribution < 1.29 is 22.7 Å². The molecule has 1 fully saturated rings. The number of allylic oxidation sites excluding steroid dienone is 1. The number of ether oxygens (including phenoxy) is 1. The van der Waals surface area contributed by atoms with Gasteiger partial charge in [-0.1, -0.05) is 35.9 Å². The topological polar surface area (TPSA) is 105 Å². The van der Waals surface area contributed by atoms with Crippen LogP contribution in [0.4, 0.5) is 0 Å². The highest BCUT2D eigenvalue weighted by Gasteiger charge is 2.28. The molecule has 0 aromatic heterocycles. The van der Waals surface area contributed by atoms with Gasteiger partial charge in [0.25, 0.3) is 0 Å². The number of benzene rings is 2. The Labute approximate surface area is 238 Å². The van der Waals surface area contributed by atoms with E-state index in [0.29, 0.717) is 19.5 Å². The Morgan fingerprint density at radius 2 is 1.70 bits per heavy atom. The molecular weight excluding hydrogens is 526 g/mol. The van der Waals surface area contributed by atoms with Gasteiger partial charge < -0.3 is 15.0 Å². The second-order valence-electron chi connectivity index (χ2n) is 10.7. The number of carbonyl (C=O) groups is 2. The summed E-state index contributed by atoms with van der Waals surface area (Å²) in [6.45, 7) is 2.63. The van der Waals surface area contributed by atoms with Gasteiger partial charge in [-0.3, -0.25) is 9.59 Å². The van der Waals surface area contributed by atoms with E-state index in [9.17, 15) is 18.0 Å². The summed E-state index contributed by atoms with van der Waals surface area (Å²) < 4.78 is 32.8. The van der Waals surface area contributed by atoms with Crippen LogP contribution < -0.4 is 14.8 Å². The molecule has 0 heterocycles. The van der Waals surface area contributed by atoms with Crippen LogP contribution in [0.3, 0.4) is 0 Å². The first-order chi connectivity index (χ1) is 19.2. The Bertz CT molecular complexity index is 1290. The minimum absolute atomic E-state index is 0.0440. The van der Waals surface area contributed by atoms with Crippen molar-refractivity contribution in [2.24, 2.45) is 0 Å². The Kier molecular flexibility index (Phi) is 10.4. The van der Waals surface area contributed by atoms with E-state index >= 15 is 0 Å². The number of sulfonamides is 1. The molecule has 40 heavy (non-hydrogen) atoms. The van der Waals surface area contributed by atoms with Crippen molar-refractivity contribution in [1.29, 1.82) is 0 Å². The fourth-order valence-electron chi connectivity index (χ4n) is 4.85. The van der Waals surface area contributed by atoms with Crippen LogP contribution >= 0.6 is 0 Å². The lowest BCUT2D eigenvalue weighted by Gasteiger charge is -2.29. The number of nitrogens with zero attached hydrogens (tertiary/aromatic N) is 1. The fraction of sp³-hybridized carbons (Fsp3) is 0.484. The molecule has 2 aliphatic carbocycles. The SMILES string of the molecule is COc1ccc(CN(C(=O)CCc2ccc(S(=O)(=O)NC3CC3)cc2)[C@@H](C)C(=O)NCCC2=CCCCC2)cc1. The largest absolute Gasteiger partial charge is 0.497 e. The van der Waals surface area contributed by atoms with E-state index in [0.717, 1.165) is 49.0 Å². The quantitative estimate of drug-likeness (QED) is 0.327. The first kappa shape index (κ1) is 29.8. The van der Waals surface area contributed by atoms with E-state index in [1.165, 1.54) is 18.4 Å². The van der Waals surface area contributed by atoms with Gasteiger partial charge in [0.05, 0.1) is 12.0 Å². The first-order valence-electron chi connectivity index (χ1n) is 14.2. The molecule has 2 N–H and O–H groups in total. The van der Waals surface area contributed by atoms with E-state index in [-0.39, 0.29) is 29.2 Å². The van der Waals surface area contributed by atoms with Gasteiger partial charge in [0.1, 0.15) is 11.8 Å². The lowest BCUT2D eigenvalue weighted by molar-refractivity contribution is -0.140. The molecule has 1 saturated carbocycles. The summed E-state index contributed by atoms with van der Waals surface area (Å²) in [5, 5.41) is 3.02. The normalized spacial score (nSPS) is 16.1. The zero-order valence-corrected chi connectivity index (χ0v) is 24.3. The molecule has 0 aliphatic heterocycles. The van der Waals surface area contributed by atoms with Crippen molar-refractivity contribution in [1.82, 2.24) is 14.9 Å². The van der Waals surface area contributed by atoms with Gasteiger partial charge >= 0.3 is 0 Å². The summed E-state index contributed by atoms with van der Waals surface area (Å²) >= 11 is 0. The summed E-state index contributed by atoms with van der Waals surface area (Å²) in [7, 11) is -1.91. The number of aryl methyl sites for hydroxylation is 1. The number of rotatable bonds is 14. The second-order valence-corrected chi connectivity index (χ2v) is 12.4. The summed E-state index contributed by atoms with van der Waals surface area (Å²) in [4.78, 5) is 28.4. The van der Waals surface area contributed by atoms with Crippen LogP contribution in [0, 0.1) is 0 Å². The molecule has 4 rings (SSSR count). The highest BCUT2D eigenvalue weighted by molar-refractivity contribution is 7.89. The van der Waals surface area contributed by atoms with Gasteiger partial charge in [-0.2, -0.15) is 0 Å². The standard InChI is InChI=1S/C31H41N3O5S/c1-23(31(36)32-21-20-24-6-4-3-5-7-24)34(22-26-8-15-28(39-2)16-9-26)30(35)19-12-25-10-17-29(18-11-25)40(37,38)33-27-13-14-27/h6,8-11,15-18,23,27,33H,3-5,7,12-14,19-22H2,1-2H3,(H,32,36)/t23-/m0/s1. The minimum atomic E-state index is -3.52. The van der Waals surface area contributed by atoms with Gasteiger partial charge in [-0.05, 0) is 93.7 Å². The molecule has 0 unspecified atom stereocenters. The van der Waals surface area contributed by atoms with Crippen LogP contribution in [0.2, 0.25) is 0 Å². The average molecular weight is 568 g/mol. The Morgan fingerprint density at radius 1 is 1.00 bits per heavy atom. The maximum absolute atomic E-state index is 13.5.